The molecule has 130 valence electrons. The topological polar surface area (TPSA) is 174 Å². The third-order valence-corrected chi connectivity index (χ3v) is 3.43. The normalized spacial score (nSPS) is 11.3. The summed E-state index contributed by atoms with van der Waals surface area (Å²) in [5.41, 5.74) is 3.36. The summed E-state index contributed by atoms with van der Waals surface area (Å²) in [7, 11) is 0. The van der Waals surface area contributed by atoms with Gasteiger partial charge < -0.3 is 30.7 Å². The van der Waals surface area contributed by atoms with Crippen LogP contribution in [0.15, 0.2) is 10.6 Å². The van der Waals surface area contributed by atoms with Gasteiger partial charge in [0.1, 0.15) is 5.76 Å². The van der Waals surface area contributed by atoms with E-state index in [2.05, 4.69) is 5.16 Å². The van der Waals surface area contributed by atoms with E-state index in [9.17, 15) is 4.79 Å². The molecular formula is C14H23N3O6. The number of rotatable bonds is 7. The second kappa shape index (κ2) is 9.22. The van der Waals surface area contributed by atoms with Gasteiger partial charge in [0.25, 0.3) is 0 Å². The molecule has 0 saturated heterocycles. The van der Waals surface area contributed by atoms with Gasteiger partial charge in [-0.15, -0.1) is 0 Å². The first-order valence-electron chi connectivity index (χ1n) is 6.79. The molecule has 0 spiro atoms. The van der Waals surface area contributed by atoms with Gasteiger partial charge in [-0.1, -0.05) is 5.16 Å². The highest BCUT2D eigenvalue weighted by atomic mass is 16.5. The molecule has 6 N–H and O–H groups in total. The highest BCUT2D eigenvalue weighted by molar-refractivity contribution is 5.86. The molecule has 9 heteroatoms. The average molecular weight is 329 g/mol. The van der Waals surface area contributed by atoms with Crippen molar-refractivity contribution in [1.82, 2.24) is 5.16 Å². The number of nitrogens with two attached hydrogens (primary N) is 1. The van der Waals surface area contributed by atoms with E-state index in [0.29, 0.717) is 5.76 Å². The summed E-state index contributed by atoms with van der Waals surface area (Å²) >= 11 is 0. The van der Waals surface area contributed by atoms with Crippen LogP contribution in [0.2, 0.25) is 0 Å². The fourth-order valence-electron chi connectivity index (χ4n) is 1.29. The number of aliphatic hydroxyl groups is 4. The zero-order valence-electron chi connectivity index (χ0n) is 13.2. The summed E-state index contributed by atoms with van der Waals surface area (Å²) in [4.78, 5) is 11.0. The quantitative estimate of drug-likeness (QED) is 0.418. The monoisotopic (exact) mass is 329 g/mol. The van der Waals surface area contributed by atoms with Crippen molar-refractivity contribution in [2.45, 2.75) is 25.7 Å². The first-order valence-corrected chi connectivity index (χ1v) is 6.79. The molecule has 0 unspecified atom stereocenters. The van der Waals surface area contributed by atoms with Gasteiger partial charge in [-0.25, -0.2) is 0 Å². The van der Waals surface area contributed by atoms with E-state index in [0.717, 1.165) is 0 Å². The number of Topliss-reactive ketones (excluding diaryl/α,β-unsaturated/α-hetero) is 1. The van der Waals surface area contributed by atoms with Gasteiger partial charge in [0.2, 0.25) is 0 Å². The number of nitrogen functional groups attached to an aromatic ring is 1. The Morgan fingerprint density at radius 2 is 1.78 bits per heavy atom. The zero-order valence-corrected chi connectivity index (χ0v) is 13.2. The molecule has 1 heterocycles. The van der Waals surface area contributed by atoms with Crippen LogP contribution < -0.4 is 5.73 Å². The van der Waals surface area contributed by atoms with Crippen LogP contribution in [-0.4, -0.2) is 57.8 Å². The maximum atomic E-state index is 11.0. The molecule has 1 rings (SSSR count). The molecule has 0 aromatic carbocycles. The number of hydrogen-bond donors (Lipinski definition) is 5. The van der Waals surface area contributed by atoms with Crippen molar-refractivity contribution in [1.29, 1.82) is 5.26 Å². The predicted molar refractivity (Wildman–Crippen MR) is 80.0 cm³/mol. The number of anilines is 1. The van der Waals surface area contributed by atoms with Crippen molar-refractivity contribution >= 4 is 11.6 Å². The summed E-state index contributed by atoms with van der Waals surface area (Å²) in [6, 6.07) is 3.16. The Morgan fingerprint density at radius 3 is 2.09 bits per heavy atom. The Labute approximate surface area is 133 Å². The van der Waals surface area contributed by atoms with Crippen molar-refractivity contribution in [3.63, 3.8) is 0 Å². The van der Waals surface area contributed by atoms with Crippen LogP contribution in [0.5, 0.6) is 0 Å². The molecular weight excluding hydrogens is 306 g/mol. The minimum absolute atomic E-state index is 0.210. The molecule has 1 aromatic rings. The summed E-state index contributed by atoms with van der Waals surface area (Å²) in [6.45, 7) is 1.81. The van der Waals surface area contributed by atoms with Crippen molar-refractivity contribution in [2.75, 3.05) is 32.2 Å². The Hall–Kier alpha value is -1.99. The molecule has 0 aliphatic rings. The molecule has 23 heavy (non-hydrogen) atoms. The van der Waals surface area contributed by atoms with Crippen LogP contribution in [0.3, 0.4) is 0 Å². The number of carbonyl (C=O) groups is 1. The minimum atomic E-state index is -1.16. The van der Waals surface area contributed by atoms with Gasteiger partial charge in [-0.2, -0.15) is 5.26 Å². The largest absolute Gasteiger partial charge is 0.395 e. The first-order chi connectivity index (χ1) is 10.7. The number of carbonyl (C=O) groups excluding carboxylic acids is 1. The van der Waals surface area contributed by atoms with Gasteiger partial charge in [-0.05, 0) is 13.8 Å². The van der Waals surface area contributed by atoms with E-state index < -0.39 is 29.8 Å². The predicted octanol–water partition coefficient (Wildman–Crippen LogP) is -1.04. The van der Waals surface area contributed by atoms with Crippen LogP contribution in [0.1, 0.15) is 26.0 Å². The van der Waals surface area contributed by atoms with Gasteiger partial charge in [0, 0.05) is 6.07 Å². The van der Waals surface area contributed by atoms with E-state index in [1.54, 1.807) is 13.0 Å². The fourth-order valence-corrected chi connectivity index (χ4v) is 1.29. The molecule has 9 nitrogen and oxygen atoms in total. The van der Waals surface area contributed by atoms with Crippen molar-refractivity contribution in [3.8, 4) is 6.07 Å². The van der Waals surface area contributed by atoms with Crippen LogP contribution in [0, 0.1) is 16.7 Å². The number of aliphatic hydroxyl groups excluding tert-OH is 4. The van der Waals surface area contributed by atoms with E-state index in [-0.39, 0.29) is 25.5 Å². The van der Waals surface area contributed by atoms with Gasteiger partial charge in [-0.3, -0.25) is 4.79 Å². The number of aromatic nitrogens is 1. The average Bonchev–Trinajstić information content (AvgIpc) is 3.01. The van der Waals surface area contributed by atoms with E-state index in [4.69, 9.17) is 35.9 Å². The molecule has 0 atom stereocenters. The molecule has 0 radical (unpaired) electrons. The standard InChI is InChI=1S/C7H12N2O3.C7H11NO3/c1-7(3-10,4-11)5-2-6(8)9-12-5;1-7(4-9,5-10)6(11)2-3-8/h2,10-11H,3-4H2,1H3,(H2,8,9);9-10H,2,4-5H2,1H3. The summed E-state index contributed by atoms with van der Waals surface area (Å²) in [6.07, 6.45) is -0.266. The van der Waals surface area contributed by atoms with Crippen LogP contribution in [0.4, 0.5) is 5.82 Å². The maximum Gasteiger partial charge on any atom is 0.167 e. The van der Waals surface area contributed by atoms with Crippen molar-refractivity contribution in [3.05, 3.63) is 11.8 Å². The van der Waals surface area contributed by atoms with E-state index in [1.807, 2.05) is 0 Å². The Morgan fingerprint density at radius 1 is 1.26 bits per heavy atom. The van der Waals surface area contributed by atoms with Crippen LogP contribution in [0.25, 0.3) is 0 Å². The van der Waals surface area contributed by atoms with Gasteiger partial charge >= 0.3 is 0 Å². The highest BCUT2D eigenvalue weighted by Crippen LogP contribution is 2.23. The Kier molecular flexibility index (Phi) is 8.42. The lowest BCUT2D eigenvalue weighted by Crippen LogP contribution is -2.35. The summed E-state index contributed by atoms with van der Waals surface area (Å²) in [5, 5.41) is 46.9. The number of nitrogens with zero attached hydrogens (tertiary/aromatic N) is 2. The van der Waals surface area contributed by atoms with Gasteiger partial charge in [0.15, 0.2) is 11.6 Å². The van der Waals surface area contributed by atoms with E-state index >= 15 is 0 Å². The van der Waals surface area contributed by atoms with Crippen LogP contribution >= 0.6 is 0 Å². The van der Waals surface area contributed by atoms with Crippen molar-refractivity contribution < 1.29 is 29.7 Å². The third kappa shape index (κ3) is 5.61. The lowest BCUT2D eigenvalue weighted by molar-refractivity contribution is -0.131. The molecule has 0 fully saturated rings. The maximum absolute atomic E-state index is 11.0. The van der Waals surface area contributed by atoms with E-state index in [1.165, 1.54) is 13.0 Å². The molecule has 0 bridgehead atoms. The molecule has 0 aliphatic heterocycles. The summed E-state index contributed by atoms with van der Waals surface area (Å²) in [5.74, 6) is 0.216. The fraction of sp³-hybridized carbons (Fsp3) is 0.643. The molecule has 0 amide bonds. The Bertz CT molecular complexity index is 529. The summed E-state index contributed by atoms with van der Waals surface area (Å²) < 4.78 is 4.82. The second-order valence-corrected chi connectivity index (χ2v) is 5.63. The molecule has 0 aliphatic carbocycles. The highest BCUT2D eigenvalue weighted by Gasteiger charge is 2.31. The van der Waals surface area contributed by atoms with Gasteiger partial charge in [0.05, 0.1) is 49.7 Å². The molecule has 1 aromatic heterocycles. The minimum Gasteiger partial charge on any atom is -0.395 e. The smallest absolute Gasteiger partial charge is 0.167 e. The second-order valence-electron chi connectivity index (χ2n) is 5.63. The van der Waals surface area contributed by atoms with Crippen LogP contribution in [-0.2, 0) is 10.2 Å². The lowest BCUT2D eigenvalue weighted by Gasteiger charge is -2.20. The third-order valence-electron chi connectivity index (χ3n) is 3.43. The zero-order chi connectivity index (χ0) is 18.1. The SMILES string of the molecule is CC(CO)(CO)C(=O)CC#N.CC(CO)(CO)c1cc(N)no1. The first kappa shape index (κ1) is 21.0. The lowest BCUT2D eigenvalue weighted by atomic mass is 9.86. The number of nitriles is 1. The Balaban J connectivity index is 0.000000423. The van der Waals surface area contributed by atoms with Crippen molar-refractivity contribution in [2.24, 2.45) is 5.41 Å². The molecule has 0 saturated carbocycles. The number of ketones is 1. The number of hydrogen-bond acceptors (Lipinski definition) is 9.